The van der Waals surface area contributed by atoms with Gasteiger partial charge in [-0.05, 0) is 68.4 Å². The topological polar surface area (TPSA) is 126 Å². The van der Waals surface area contributed by atoms with E-state index in [0.29, 0.717) is 18.8 Å². The molecule has 2 amide bonds. The summed E-state index contributed by atoms with van der Waals surface area (Å²) in [6.07, 6.45) is -0.434. The number of aromatic nitrogens is 1. The van der Waals surface area contributed by atoms with Crippen LogP contribution in [0.25, 0.3) is 0 Å². The fourth-order valence-electron chi connectivity index (χ4n) is 6.63. The van der Waals surface area contributed by atoms with Gasteiger partial charge in [0.25, 0.3) is 11.3 Å². The molecule has 4 N–H and O–H groups in total. The number of hydrogen-bond donors (Lipinski definition) is 3. The van der Waals surface area contributed by atoms with Gasteiger partial charge in [0.15, 0.2) is 0 Å². The van der Waals surface area contributed by atoms with E-state index >= 15 is 0 Å². The zero-order chi connectivity index (χ0) is 23.7. The summed E-state index contributed by atoms with van der Waals surface area (Å²) in [6.45, 7) is 0. The second-order valence-corrected chi connectivity index (χ2v) is 10.8. The lowest BCUT2D eigenvalue weighted by Gasteiger charge is -2.58. The van der Waals surface area contributed by atoms with E-state index in [1.807, 2.05) is 0 Å². The average molecular weight is 487 g/mol. The molecule has 8 nitrogen and oxygen atoms in total. The van der Waals surface area contributed by atoms with Crippen molar-refractivity contribution >= 4 is 28.9 Å². The first-order chi connectivity index (χ1) is 15.5. The summed E-state index contributed by atoms with van der Waals surface area (Å²) >= 11 is -2.64. The van der Waals surface area contributed by atoms with Crippen LogP contribution >= 0.6 is 0 Å². The number of alkyl halides is 3. The molecule has 0 spiro atoms. The van der Waals surface area contributed by atoms with Crippen molar-refractivity contribution in [2.24, 2.45) is 34.8 Å². The third-order valence-electron chi connectivity index (χ3n) is 7.92. The van der Waals surface area contributed by atoms with Crippen LogP contribution in [0.4, 0.5) is 19.0 Å². The van der Waals surface area contributed by atoms with Crippen LogP contribution in [0.2, 0.25) is 0 Å². The minimum absolute atomic E-state index is 0.0810. The van der Waals surface area contributed by atoms with Gasteiger partial charge < -0.3 is 11.1 Å². The molecular formula is C21H25F3N4O4S. The summed E-state index contributed by atoms with van der Waals surface area (Å²) < 4.78 is 61.6. The fourth-order valence-corrected chi connectivity index (χ4v) is 7.35. The van der Waals surface area contributed by atoms with Gasteiger partial charge in [-0.3, -0.25) is 14.1 Å². The first kappa shape index (κ1) is 22.6. The Morgan fingerprint density at radius 1 is 1.18 bits per heavy atom. The summed E-state index contributed by atoms with van der Waals surface area (Å²) in [5, 5.41) is 3.09. The zero-order valence-electron chi connectivity index (χ0n) is 17.6. The van der Waals surface area contributed by atoms with Gasteiger partial charge in [0, 0.05) is 11.5 Å². The van der Waals surface area contributed by atoms with Crippen LogP contribution in [-0.4, -0.2) is 37.6 Å². The molecule has 5 unspecified atom stereocenters. The number of halogens is 3. The van der Waals surface area contributed by atoms with Crippen LogP contribution in [0.3, 0.4) is 0 Å². The highest BCUT2D eigenvalue weighted by molar-refractivity contribution is 7.80. The molecule has 180 valence electrons. The van der Waals surface area contributed by atoms with Crippen molar-refractivity contribution in [2.75, 3.05) is 4.31 Å². The van der Waals surface area contributed by atoms with E-state index in [0.717, 1.165) is 35.7 Å². The van der Waals surface area contributed by atoms with E-state index in [1.165, 1.54) is 6.07 Å². The number of hydrogen-bond acceptors (Lipinski definition) is 4. The minimum Gasteiger partial charge on any atom is -0.369 e. The molecule has 1 aromatic rings. The van der Waals surface area contributed by atoms with Crippen LogP contribution in [0.15, 0.2) is 18.2 Å². The van der Waals surface area contributed by atoms with Crippen molar-refractivity contribution in [1.29, 1.82) is 0 Å². The Bertz CT molecular complexity index is 1010. The van der Waals surface area contributed by atoms with Crippen molar-refractivity contribution < 1.29 is 31.5 Å². The Labute approximate surface area is 190 Å². The molecule has 5 atom stereocenters. The van der Waals surface area contributed by atoms with Gasteiger partial charge in [-0.25, -0.2) is 13.5 Å². The number of nitrogens with zero attached hydrogens (tertiary/aromatic N) is 2. The molecule has 1 aromatic heterocycles. The highest BCUT2D eigenvalue weighted by Crippen LogP contribution is 2.60. The van der Waals surface area contributed by atoms with E-state index in [4.69, 9.17) is 5.73 Å². The lowest BCUT2D eigenvalue weighted by atomic mass is 9.47. The maximum atomic E-state index is 13.0. The minimum atomic E-state index is -4.69. The molecule has 0 saturated heterocycles. The van der Waals surface area contributed by atoms with Crippen LogP contribution < -0.4 is 15.4 Å². The summed E-state index contributed by atoms with van der Waals surface area (Å²) in [6, 6.07) is 2.32. The van der Waals surface area contributed by atoms with Crippen LogP contribution in [0, 0.1) is 29.1 Å². The molecule has 1 heterocycles. The third-order valence-corrected chi connectivity index (χ3v) is 8.71. The second-order valence-electron chi connectivity index (χ2n) is 9.99. The number of nitrogens with one attached hydrogen (secondary N) is 1. The van der Waals surface area contributed by atoms with Crippen molar-refractivity contribution in [3.05, 3.63) is 23.9 Å². The largest absolute Gasteiger partial charge is 0.433 e. The van der Waals surface area contributed by atoms with Crippen LogP contribution in [0.1, 0.15) is 44.2 Å². The summed E-state index contributed by atoms with van der Waals surface area (Å²) in [5.74, 6) is -0.701. The number of carbonyl (C=O) groups excluding carboxylic acids is 2. The van der Waals surface area contributed by atoms with Gasteiger partial charge in [-0.15, -0.1) is 0 Å². The van der Waals surface area contributed by atoms with E-state index in [1.54, 1.807) is 0 Å². The highest BCUT2D eigenvalue weighted by Gasteiger charge is 2.59. The smallest absolute Gasteiger partial charge is 0.369 e. The number of carbonyl (C=O) groups is 2. The molecule has 0 aromatic carbocycles. The number of primary amides is 1. The Balaban J connectivity index is 1.28. The summed E-state index contributed by atoms with van der Waals surface area (Å²) in [4.78, 5) is 28.6. The van der Waals surface area contributed by atoms with E-state index in [9.17, 15) is 31.5 Å². The van der Waals surface area contributed by atoms with Crippen molar-refractivity contribution in [2.45, 2.75) is 56.8 Å². The van der Waals surface area contributed by atoms with Crippen LogP contribution in [0.5, 0.6) is 0 Å². The standard InChI is InChI=1S/C21H25F3N4O4S/c22-21(23,24)15-2-1-3-16(26-15)28(33(31)32)14-6-13(14)18(29)27-17-11-4-10-5-12(17)9-20(7-10,8-11)19(25)30/h1-3,10-14,17H,4-9H2,(H2,25,30)(H,27,29)(H,31,32). The molecule has 5 aliphatic rings. The SMILES string of the molecule is NC(=O)C12CC3CC(C1)C(NC(=O)C1CC1N(c1cccc(C(F)(F)F)n1)S(=O)O)C(C3)C2. The van der Waals surface area contributed by atoms with Crippen molar-refractivity contribution in [1.82, 2.24) is 10.3 Å². The van der Waals surface area contributed by atoms with Gasteiger partial charge in [0.1, 0.15) is 11.5 Å². The first-order valence-electron chi connectivity index (χ1n) is 11.0. The number of pyridine rings is 1. The van der Waals surface area contributed by atoms with E-state index in [-0.39, 0.29) is 41.9 Å². The zero-order valence-corrected chi connectivity index (χ0v) is 18.4. The molecule has 4 bridgehead atoms. The van der Waals surface area contributed by atoms with Gasteiger partial charge in [0.05, 0.1) is 12.0 Å². The average Bonchev–Trinajstić information content (AvgIpc) is 3.50. The lowest BCUT2D eigenvalue weighted by Crippen LogP contribution is -2.62. The van der Waals surface area contributed by atoms with Crippen molar-refractivity contribution in [3.8, 4) is 0 Å². The molecular weight excluding hydrogens is 461 g/mol. The predicted molar refractivity (Wildman–Crippen MR) is 111 cm³/mol. The summed E-state index contributed by atoms with van der Waals surface area (Å²) in [7, 11) is 0. The molecule has 33 heavy (non-hydrogen) atoms. The Kier molecular flexibility index (Phi) is 5.24. The molecule has 0 radical (unpaired) electrons. The fraction of sp³-hybridized carbons (Fsp3) is 0.667. The van der Waals surface area contributed by atoms with E-state index in [2.05, 4.69) is 10.3 Å². The Morgan fingerprint density at radius 3 is 2.42 bits per heavy atom. The van der Waals surface area contributed by atoms with Gasteiger partial charge in [0.2, 0.25) is 11.8 Å². The molecule has 12 heteroatoms. The third kappa shape index (κ3) is 3.90. The lowest BCUT2D eigenvalue weighted by molar-refractivity contribution is -0.147. The Hall–Kier alpha value is -2.21. The second kappa shape index (κ2) is 7.66. The molecule has 0 aliphatic heterocycles. The Morgan fingerprint density at radius 2 is 1.85 bits per heavy atom. The normalized spacial score (nSPS) is 37.5. The number of nitrogens with two attached hydrogens (primary N) is 1. The highest BCUT2D eigenvalue weighted by atomic mass is 32.2. The number of amides is 2. The summed E-state index contributed by atoms with van der Waals surface area (Å²) in [5.41, 5.74) is 4.06. The quantitative estimate of drug-likeness (QED) is 0.532. The molecule has 6 rings (SSSR count). The number of rotatable bonds is 6. The van der Waals surface area contributed by atoms with Gasteiger partial charge in [-0.2, -0.15) is 13.2 Å². The van der Waals surface area contributed by atoms with E-state index < -0.39 is 40.5 Å². The molecule has 5 saturated carbocycles. The van der Waals surface area contributed by atoms with Gasteiger partial charge >= 0.3 is 6.18 Å². The van der Waals surface area contributed by atoms with Crippen LogP contribution in [-0.2, 0) is 27.0 Å². The molecule has 5 fully saturated rings. The predicted octanol–water partition coefficient (Wildman–Crippen LogP) is 2.23. The maximum Gasteiger partial charge on any atom is 0.433 e. The van der Waals surface area contributed by atoms with Crippen molar-refractivity contribution in [3.63, 3.8) is 0 Å². The number of anilines is 1. The molecule has 5 aliphatic carbocycles. The first-order valence-corrected chi connectivity index (χ1v) is 12.1. The maximum absolute atomic E-state index is 13.0. The van der Waals surface area contributed by atoms with Gasteiger partial charge in [-0.1, -0.05) is 6.07 Å². The monoisotopic (exact) mass is 486 g/mol.